The molecular weight excluding hydrogens is 468 g/mol. The molecule has 2 aromatic carbocycles. The number of benzene rings is 2. The van der Waals surface area contributed by atoms with Crippen molar-refractivity contribution in [2.45, 2.75) is 39.3 Å². The largest absolute Gasteiger partial charge is 0.478 e. The van der Waals surface area contributed by atoms with Crippen molar-refractivity contribution in [2.75, 3.05) is 4.90 Å². The summed E-state index contributed by atoms with van der Waals surface area (Å²) in [4.78, 5) is 18.8. The topological polar surface area (TPSA) is 70.4 Å². The predicted octanol–water partition coefficient (Wildman–Crippen LogP) is 5.93. The second-order valence-corrected chi connectivity index (χ2v) is 9.39. The van der Waals surface area contributed by atoms with E-state index in [-0.39, 0.29) is 17.6 Å². The summed E-state index contributed by atoms with van der Waals surface area (Å²) in [6.07, 6.45) is 2.76. The number of aryl methyl sites for hydroxylation is 2. The molecule has 0 saturated carbocycles. The molecule has 0 bridgehead atoms. The van der Waals surface area contributed by atoms with E-state index in [2.05, 4.69) is 52.5 Å². The lowest BCUT2D eigenvalue weighted by Crippen LogP contribution is -2.29. The summed E-state index contributed by atoms with van der Waals surface area (Å²) in [6, 6.07) is 23.3. The fourth-order valence-electron chi connectivity index (χ4n) is 5.15. The number of rotatable bonds is 6. The standard InChI is InChI=1S/C29H28N4O2S/c1-4-20-12-14-21(15-13-20)33-27(26(31-29(33)36)24-10-7-8-16-30-24)23-17-18(2)32(19(23)3)25-11-6-5-9-22(25)28(34)35/h5-17,26-27H,4H2,1-3H3,(H,31,36)(H,34,35)/t26-,27-/m1/s1. The van der Waals surface area contributed by atoms with Crippen molar-refractivity contribution in [3.05, 3.63) is 113 Å². The third-order valence-corrected chi connectivity index (χ3v) is 7.20. The number of thiocarbonyl (C=S) groups is 1. The van der Waals surface area contributed by atoms with Gasteiger partial charge in [-0.1, -0.05) is 37.3 Å². The Balaban J connectivity index is 1.69. The Labute approximate surface area is 216 Å². The van der Waals surface area contributed by atoms with Gasteiger partial charge >= 0.3 is 5.97 Å². The van der Waals surface area contributed by atoms with E-state index in [0.29, 0.717) is 10.8 Å². The van der Waals surface area contributed by atoms with E-state index in [0.717, 1.165) is 34.8 Å². The normalized spacial score (nSPS) is 17.3. The number of nitrogens with zero attached hydrogens (tertiary/aromatic N) is 3. The van der Waals surface area contributed by atoms with Gasteiger partial charge in [0, 0.05) is 23.3 Å². The van der Waals surface area contributed by atoms with Crippen molar-refractivity contribution >= 4 is 29.0 Å². The molecule has 0 spiro atoms. The van der Waals surface area contributed by atoms with Crippen LogP contribution in [0, 0.1) is 13.8 Å². The summed E-state index contributed by atoms with van der Waals surface area (Å²) >= 11 is 5.87. The second-order valence-electron chi connectivity index (χ2n) is 9.00. The molecule has 5 rings (SSSR count). The van der Waals surface area contributed by atoms with Crippen LogP contribution in [-0.2, 0) is 6.42 Å². The van der Waals surface area contributed by atoms with E-state index >= 15 is 0 Å². The number of anilines is 1. The van der Waals surface area contributed by atoms with Crippen molar-refractivity contribution in [2.24, 2.45) is 0 Å². The molecule has 3 heterocycles. The maximum atomic E-state index is 12.0. The summed E-state index contributed by atoms with van der Waals surface area (Å²) in [5.74, 6) is -0.952. The van der Waals surface area contributed by atoms with E-state index in [1.165, 1.54) is 5.56 Å². The molecule has 1 aliphatic rings. The summed E-state index contributed by atoms with van der Waals surface area (Å²) in [5, 5.41) is 14.0. The molecule has 0 radical (unpaired) electrons. The van der Waals surface area contributed by atoms with Gasteiger partial charge in [0.15, 0.2) is 5.11 Å². The first kappa shape index (κ1) is 23.8. The minimum atomic E-state index is -0.952. The molecule has 182 valence electrons. The zero-order chi connectivity index (χ0) is 25.4. The fraction of sp³-hybridized carbons (Fsp3) is 0.207. The van der Waals surface area contributed by atoms with Gasteiger partial charge in [-0.15, -0.1) is 0 Å². The molecule has 2 atom stereocenters. The van der Waals surface area contributed by atoms with Crippen molar-refractivity contribution in [3.8, 4) is 5.69 Å². The number of para-hydroxylation sites is 1. The molecule has 1 saturated heterocycles. The van der Waals surface area contributed by atoms with Gasteiger partial charge in [-0.3, -0.25) is 4.98 Å². The van der Waals surface area contributed by atoms with Crippen molar-refractivity contribution in [1.82, 2.24) is 14.9 Å². The summed E-state index contributed by atoms with van der Waals surface area (Å²) in [6.45, 7) is 6.18. The Kier molecular flexibility index (Phi) is 6.33. The highest BCUT2D eigenvalue weighted by Gasteiger charge is 2.42. The highest BCUT2D eigenvalue weighted by Crippen LogP contribution is 2.44. The third-order valence-electron chi connectivity index (χ3n) is 6.89. The quantitative estimate of drug-likeness (QED) is 0.323. The molecule has 1 fully saturated rings. The molecule has 6 nitrogen and oxygen atoms in total. The van der Waals surface area contributed by atoms with Crippen LogP contribution in [-0.4, -0.2) is 25.7 Å². The molecule has 0 amide bonds. The number of aromatic nitrogens is 2. The van der Waals surface area contributed by atoms with E-state index < -0.39 is 5.97 Å². The summed E-state index contributed by atoms with van der Waals surface area (Å²) < 4.78 is 2.02. The Bertz CT molecular complexity index is 1430. The first-order valence-corrected chi connectivity index (χ1v) is 12.4. The van der Waals surface area contributed by atoms with Gasteiger partial charge in [0.05, 0.1) is 29.0 Å². The van der Waals surface area contributed by atoms with Crippen LogP contribution in [0.15, 0.2) is 79.0 Å². The van der Waals surface area contributed by atoms with E-state index in [1.54, 1.807) is 18.3 Å². The Morgan fingerprint density at radius 3 is 2.44 bits per heavy atom. The number of aromatic carboxylic acids is 1. The molecule has 1 aliphatic heterocycles. The van der Waals surface area contributed by atoms with Gasteiger partial charge in [0.2, 0.25) is 0 Å². The van der Waals surface area contributed by atoms with Crippen molar-refractivity contribution in [3.63, 3.8) is 0 Å². The predicted molar refractivity (Wildman–Crippen MR) is 146 cm³/mol. The fourth-order valence-corrected chi connectivity index (χ4v) is 5.49. The number of carbonyl (C=O) groups is 1. The highest BCUT2D eigenvalue weighted by atomic mass is 32.1. The van der Waals surface area contributed by atoms with Crippen LogP contribution in [0.1, 0.15) is 57.6 Å². The smallest absolute Gasteiger partial charge is 0.337 e. The van der Waals surface area contributed by atoms with E-state index in [1.807, 2.05) is 48.7 Å². The van der Waals surface area contributed by atoms with E-state index in [9.17, 15) is 9.90 Å². The Hall–Kier alpha value is -3.97. The van der Waals surface area contributed by atoms with Crippen molar-refractivity contribution in [1.29, 1.82) is 0 Å². The number of pyridine rings is 1. The van der Waals surface area contributed by atoms with Crippen LogP contribution in [0.2, 0.25) is 0 Å². The van der Waals surface area contributed by atoms with Gasteiger partial charge in [-0.25, -0.2) is 4.79 Å². The molecule has 2 N–H and O–H groups in total. The van der Waals surface area contributed by atoms with Crippen LogP contribution < -0.4 is 10.2 Å². The van der Waals surface area contributed by atoms with Crippen molar-refractivity contribution < 1.29 is 9.90 Å². The first-order chi connectivity index (χ1) is 17.4. The number of hydrogen-bond donors (Lipinski definition) is 2. The third kappa shape index (κ3) is 4.05. The van der Waals surface area contributed by atoms with Crippen LogP contribution in [0.5, 0.6) is 0 Å². The van der Waals surface area contributed by atoms with Gasteiger partial charge < -0.3 is 19.9 Å². The van der Waals surface area contributed by atoms with Crippen LogP contribution in [0.3, 0.4) is 0 Å². The highest BCUT2D eigenvalue weighted by molar-refractivity contribution is 7.80. The maximum absolute atomic E-state index is 12.0. The maximum Gasteiger partial charge on any atom is 0.337 e. The molecule has 0 aliphatic carbocycles. The molecule has 0 unspecified atom stereocenters. The van der Waals surface area contributed by atoms with Crippen LogP contribution in [0.4, 0.5) is 5.69 Å². The zero-order valence-electron chi connectivity index (χ0n) is 20.5. The SMILES string of the molecule is CCc1ccc(N2C(=S)N[C@H](c3ccccn3)[C@H]2c2cc(C)n(-c3ccccc3C(=O)O)c2C)cc1. The van der Waals surface area contributed by atoms with E-state index in [4.69, 9.17) is 12.2 Å². The van der Waals surface area contributed by atoms with Gasteiger partial charge in [-0.2, -0.15) is 0 Å². The molecule has 2 aromatic heterocycles. The Morgan fingerprint density at radius 2 is 1.78 bits per heavy atom. The zero-order valence-corrected chi connectivity index (χ0v) is 21.3. The summed E-state index contributed by atoms with van der Waals surface area (Å²) in [5.41, 5.74) is 7.06. The second kappa shape index (κ2) is 9.59. The van der Waals surface area contributed by atoms with Crippen LogP contribution in [0.25, 0.3) is 5.69 Å². The van der Waals surface area contributed by atoms with Gasteiger partial charge in [0.25, 0.3) is 0 Å². The monoisotopic (exact) mass is 496 g/mol. The molecule has 36 heavy (non-hydrogen) atoms. The summed E-state index contributed by atoms with van der Waals surface area (Å²) in [7, 11) is 0. The number of hydrogen-bond acceptors (Lipinski definition) is 3. The molecular formula is C29H28N4O2S. The Morgan fingerprint density at radius 1 is 1.06 bits per heavy atom. The first-order valence-electron chi connectivity index (χ1n) is 12.0. The number of carboxylic acids is 1. The lowest BCUT2D eigenvalue weighted by molar-refractivity contribution is 0.0697. The number of nitrogens with one attached hydrogen (secondary N) is 1. The average molecular weight is 497 g/mol. The minimum Gasteiger partial charge on any atom is -0.478 e. The lowest BCUT2D eigenvalue weighted by atomic mass is 9.96. The molecule has 7 heteroatoms. The van der Waals surface area contributed by atoms with Gasteiger partial charge in [0.1, 0.15) is 0 Å². The average Bonchev–Trinajstić information content (AvgIpc) is 3.39. The molecule has 4 aromatic rings. The minimum absolute atomic E-state index is 0.170. The number of carboxylic acid groups (broad SMARTS) is 1. The van der Waals surface area contributed by atoms with Crippen LogP contribution >= 0.6 is 12.2 Å². The lowest BCUT2D eigenvalue weighted by Gasteiger charge is -2.28. The van der Waals surface area contributed by atoms with Gasteiger partial charge in [-0.05, 0) is 86.1 Å².